The number of rotatable bonds is 5. The Morgan fingerprint density at radius 1 is 1.29 bits per heavy atom. The summed E-state index contributed by atoms with van der Waals surface area (Å²) in [5.74, 6) is -0.986. The molecule has 3 N–H and O–H groups in total. The lowest BCUT2D eigenvalue weighted by atomic mass is 9.96. The number of benzene rings is 1. The van der Waals surface area contributed by atoms with Crippen molar-refractivity contribution in [1.29, 1.82) is 0 Å². The molecule has 1 aliphatic heterocycles. The number of nitrogens with zero attached hydrogens (tertiary/aromatic N) is 2. The molecule has 1 atom stereocenters. The molecule has 2 fully saturated rings. The van der Waals surface area contributed by atoms with E-state index in [1.807, 2.05) is 0 Å². The zero-order chi connectivity index (χ0) is 17.3. The molecule has 1 saturated carbocycles. The summed E-state index contributed by atoms with van der Waals surface area (Å²) in [7, 11) is 0. The molecule has 24 heavy (non-hydrogen) atoms. The van der Waals surface area contributed by atoms with E-state index in [0.717, 1.165) is 19.3 Å². The molecule has 2 aliphatic rings. The number of amides is 2. The van der Waals surface area contributed by atoms with Crippen LogP contribution in [0, 0.1) is 16.0 Å². The Labute approximate surface area is 139 Å². The van der Waals surface area contributed by atoms with Crippen LogP contribution < -0.4 is 16.0 Å². The maximum absolute atomic E-state index is 12.1. The van der Waals surface area contributed by atoms with Crippen LogP contribution in [0.15, 0.2) is 18.2 Å². The first-order chi connectivity index (χ1) is 11.5. The fraction of sp³-hybridized carbons (Fsp3) is 0.500. The standard InChI is InChI=1S/C16H20N4O4/c17-15(21)11-2-1-7-19(9-11)13-6-3-10(8-14(13)20(23)24)16(22)18-12-4-5-12/h3,6,8,11-12H,1-2,4-5,7,9H2,(H2,17,21)(H,18,22)/t11-/m0/s1. The molecule has 0 radical (unpaired) electrons. The topological polar surface area (TPSA) is 119 Å². The van der Waals surface area contributed by atoms with E-state index >= 15 is 0 Å². The van der Waals surface area contributed by atoms with Gasteiger partial charge >= 0.3 is 0 Å². The van der Waals surface area contributed by atoms with Crippen molar-refractivity contribution in [3.05, 3.63) is 33.9 Å². The van der Waals surface area contributed by atoms with Gasteiger partial charge in [-0.05, 0) is 37.8 Å². The summed E-state index contributed by atoms with van der Waals surface area (Å²) in [5.41, 5.74) is 5.95. The van der Waals surface area contributed by atoms with E-state index in [-0.39, 0.29) is 35.0 Å². The Morgan fingerprint density at radius 3 is 2.67 bits per heavy atom. The number of anilines is 1. The number of primary amides is 1. The third kappa shape index (κ3) is 3.47. The molecule has 1 saturated heterocycles. The van der Waals surface area contributed by atoms with Crippen molar-refractivity contribution in [2.75, 3.05) is 18.0 Å². The Balaban J connectivity index is 1.85. The molecule has 128 valence electrons. The largest absolute Gasteiger partial charge is 0.369 e. The Hall–Kier alpha value is -2.64. The van der Waals surface area contributed by atoms with E-state index in [4.69, 9.17) is 5.73 Å². The van der Waals surface area contributed by atoms with Crippen molar-refractivity contribution in [3.8, 4) is 0 Å². The highest BCUT2D eigenvalue weighted by Gasteiger charge is 2.29. The third-order valence-corrected chi connectivity index (χ3v) is 4.51. The second kappa shape index (κ2) is 6.46. The van der Waals surface area contributed by atoms with Crippen LogP contribution in [0.5, 0.6) is 0 Å². The van der Waals surface area contributed by atoms with E-state index < -0.39 is 4.92 Å². The van der Waals surface area contributed by atoms with Gasteiger partial charge in [0.05, 0.1) is 10.8 Å². The predicted octanol–water partition coefficient (Wildman–Crippen LogP) is 1.19. The summed E-state index contributed by atoms with van der Waals surface area (Å²) in [6.45, 7) is 0.988. The number of hydrogen-bond acceptors (Lipinski definition) is 5. The number of piperidine rings is 1. The molecule has 8 heteroatoms. The van der Waals surface area contributed by atoms with Crippen molar-refractivity contribution in [1.82, 2.24) is 5.32 Å². The Morgan fingerprint density at radius 2 is 2.04 bits per heavy atom. The average molecular weight is 332 g/mol. The van der Waals surface area contributed by atoms with Gasteiger partial charge in [-0.25, -0.2) is 0 Å². The molecule has 8 nitrogen and oxygen atoms in total. The Bertz CT molecular complexity index is 687. The molecule has 0 aromatic heterocycles. The molecule has 0 unspecified atom stereocenters. The lowest BCUT2D eigenvalue weighted by molar-refractivity contribution is -0.384. The van der Waals surface area contributed by atoms with Crippen molar-refractivity contribution in [2.45, 2.75) is 31.7 Å². The third-order valence-electron chi connectivity index (χ3n) is 4.51. The summed E-state index contributed by atoms with van der Waals surface area (Å²) in [6.07, 6.45) is 3.35. The van der Waals surface area contributed by atoms with E-state index in [2.05, 4.69) is 5.32 Å². The van der Waals surface area contributed by atoms with E-state index in [1.165, 1.54) is 6.07 Å². The molecule has 1 aromatic carbocycles. The van der Waals surface area contributed by atoms with Crippen LogP contribution in [0.2, 0.25) is 0 Å². The quantitative estimate of drug-likeness (QED) is 0.620. The minimum atomic E-state index is -0.489. The van der Waals surface area contributed by atoms with Crippen LogP contribution in [0.4, 0.5) is 11.4 Å². The minimum absolute atomic E-state index is 0.122. The van der Waals surface area contributed by atoms with Gasteiger partial charge in [0.25, 0.3) is 11.6 Å². The molecule has 1 aliphatic carbocycles. The maximum atomic E-state index is 12.1. The first-order valence-electron chi connectivity index (χ1n) is 8.09. The van der Waals surface area contributed by atoms with Crippen molar-refractivity contribution < 1.29 is 14.5 Å². The molecule has 1 aromatic rings. The summed E-state index contributed by atoms with van der Waals surface area (Å²) in [4.78, 5) is 36.3. The Kier molecular flexibility index (Phi) is 4.37. The highest BCUT2D eigenvalue weighted by Crippen LogP contribution is 2.32. The molecule has 3 rings (SSSR count). The summed E-state index contributed by atoms with van der Waals surface area (Å²) < 4.78 is 0. The number of nitrogens with one attached hydrogen (secondary N) is 1. The van der Waals surface area contributed by atoms with Crippen molar-refractivity contribution >= 4 is 23.2 Å². The molecular weight excluding hydrogens is 312 g/mol. The first-order valence-corrected chi connectivity index (χ1v) is 8.09. The van der Waals surface area contributed by atoms with Crippen LogP contribution in [0.25, 0.3) is 0 Å². The van der Waals surface area contributed by atoms with Gasteiger partial charge in [-0.3, -0.25) is 19.7 Å². The normalized spacial score (nSPS) is 20.5. The number of carbonyl (C=O) groups excluding carboxylic acids is 2. The van der Waals surface area contributed by atoms with E-state index in [0.29, 0.717) is 25.2 Å². The van der Waals surface area contributed by atoms with Gasteiger partial charge in [0.15, 0.2) is 0 Å². The van der Waals surface area contributed by atoms with E-state index in [9.17, 15) is 19.7 Å². The molecule has 0 spiro atoms. The van der Waals surface area contributed by atoms with Gasteiger partial charge in [-0.1, -0.05) is 0 Å². The zero-order valence-electron chi connectivity index (χ0n) is 13.2. The number of nitro benzene ring substituents is 1. The molecule has 1 heterocycles. The van der Waals surface area contributed by atoms with Crippen LogP contribution in [-0.4, -0.2) is 35.9 Å². The van der Waals surface area contributed by atoms with Crippen molar-refractivity contribution in [3.63, 3.8) is 0 Å². The van der Waals surface area contributed by atoms with Gasteiger partial charge in [0, 0.05) is 30.8 Å². The van der Waals surface area contributed by atoms with Gasteiger partial charge in [0.1, 0.15) is 5.69 Å². The molecular formula is C16H20N4O4. The predicted molar refractivity (Wildman–Crippen MR) is 87.7 cm³/mol. The number of nitro groups is 1. The number of nitrogens with two attached hydrogens (primary N) is 1. The first kappa shape index (κ1) is 16.2. The second-order valence-corrected chi connectivity index (χ2v) is 6.40. The van der Waals surface area contributed by atoms with Crippen molar-refractivity contribution in [2.24, 2.45) is 11.7 Å². The number of carbonyl (C=O) groups is 2. The van der Waals surface area contributed by atoms with Gasteiger partial charge in [-0.15, -0.1) is 0 Å². The van der Waals surface area contributed by atoms with E-state index in [1.54, 1.807) is 17.0 Å². The second-order valence-electron chi connectivity index (χ2n) is 6.40. The SMILES string of the molecule is NC(=O)[C@H]1CCCN(c2ccc(C(=O)NC3CC3)cc2[N+](=O)[O-])C1. The zero-order valence-corrected chi connectivity index (χ0v) is 13.2. The lowest BCUT2D eigenvalue weighted by Gasteiger charge is -2.32. The van der Waals surface area contributed by atoms with Crippen LogP contribution in [0.3, 0.4) is 0 Å². The summed E-state index contributed by atoms with van der Waals surface area (Å²) >= 11 is 0. The van der Waals surface area contributed by atoms with Gasteiger partial charge < -0.3 is 16.0 Å². The van der Waals surface area contributed by atoms with Gasteiger partial charge in [-0.2, -0.15) is 0 Å². The van der Waals surface area contributed by atoms with Crippen LogP contribution in [0.1, 0.15) is 36.0 Å². The molecule has 2 amide bonds. The highest BCUT2D eigenvalue weighted by atomic mass is 16.6. The summed E-state index contributed by atoms with van der Waals surface area (Å²) in [5, 5.41) is 14.3. The molecule has 0 bridgehead atoms. The summed E-state index contributed by atoms with van der Waals surface area (Å²) in [6, 6.07) is 4.67. The fourth-order valence-electron chi connectivity index (χ4n) is 3.00. The fourth-order valence-corrected chi connectivity index (χ4v) is 3.00. The minimum Gasteiger partial charge on any atom is -0.369 e. The van der Waals surface area contributed by atoms with Gasteiger partial charge in [0.2, 0.25) is 5.91 Å². The monoisotopic (exact) mass is 332 g/mol. The number of hydrogen-bond donors (Lipinski definition) is 2. The van der Waals surface area contributed by atoms with Crippen LogP contribution >= 0.6 is 0 Å². The lowest BCUT2D eigenvalue weighted by Crippen LogP contribution is -2.41. The highest BCUT2D eigenvalue weighted by molar-refractivity contribution is 5.96. The maximum Gasteiger partial charge on any atom is 0.293 e. The average Bonchev–Trinajstić information content (AvgIpc) is 3.38. The smallest absolute Gasteiger partial charge is 0.293 e. The van der Waals surface area contributed by atoms with Crippen LogP contribution in [-0.2, 0) is 4.79 Å².